The third-order valence-corrected chi connectivity index (χ3v) is 5.06. The Morgan fingerprint density at radius 3 is 2.61 bits per heavy atom. The number of benzene rings is 2. The quantitative estimate of drug-likeness (QED) is 0.324. The molecule has 6 nitrogen and oxygen atoms in total. The molecule has 4 rings (SSSR count). The first-order chi connectivity index (χ1) is 12.8. The summed E-state index contributed by atoms with van der Waals surface area (Å²) >= 11 is 1.31. The zero-order valence-electron chi connectivity index (χ0n) is 13.7. The van der Waals surface area contributed by atoms with Gasteiger partial charge in [0.15, 0.2) is 5.82 Å². The van der Waals surface area contributed by atoms with Crippen molar-refractivity contribution in [3.63, 3.8) is 0 Å². The Bertz CT molecular complexity index is 1200. The number of alkyl halides is 3. The van der Waals surface area contributed by atoms with Gasteiger partial charge in [-0.25, -0.2) is 9.97 Å². The maximum Gasteiger partial charge on any atom is 0.416 e. The maximum atomic E-state index is 12.9. The first-order valence-corrected chi connectivity index (χ1v) is 8.40. The number of nitrogens with one attached hydrogen (secondary N) is 1. The topological polar surface area (TPSA) is 81.0 Å². The van der Waals surface area contributed by atoms with Crippen molar-refractivity contribution in [2.45, 2.75) is 6.18 Å². The van der Waals surface area contributed by atoms with E-state index in [-0.39, 0.29) is 23.8 Å². The van der Waals surface area contributed by atoms with E-state index in [1.54, 1.807) is 6.07 Å². The molecule has 0 atom stereocenters. The molecule has 0 aliphatic heterocycles. The van der Waals surface area contributed by atoms with Crippen LogP contribution in [0.25, 0.3) is 20.3 Å². The van der Waals surface area contributed by atoms with E-state index < -0.39 is 16.7 Å². The van der Waals surface area contributed by atoms with Crippen LogP contribution in [0.4, 0.5) is 30.4 Å². The van der Waals surface area contributed by atoms with Gasteiger partial charge < -0.3 is 5.32 Å². The lowest BCUT2D eigenvalue weighted by atomic mass is 10.2. The van der Waals surface area contributed by atoms with Crippen LogP contribution in [0.3, 0.4) is 0 Å². The normalized spacial score (nSPS) is 11.4. The Hall–Kier alpha value is -2.98. The van der Waals surface area contributed by atoms with Gasteiger partial charge in [-0.05, 0) is 24.3 Å². The number of nitro benzene ring substituents is 1. The highest BCUT2D eigenvalue weighted by atomic mass is 35.5. The average Bonchev–Trinajstić information content (AvgIpc) is 3.00. The lowest BCUT2D eigenvalue weighted by molar-refractivity contribution is -0.384. The highest BCUT2D eigenvalue weighted by Gasteiger charge is 2.30. The smallest absolute Gasteiger partial charge is 0.339 e. The van der Waals surface area contributed by atoms with E-state index in [1.807, 2.05) is 0 Å². The molecule has 2 heterocycles. The Labute approximate surface area is 165 Å². The monoisotopic (exact) mass is 426 g/mol. The van der Waals surface area contributed by atoms with Crippen molar-refractivity contribution in [1.29, 1.82) is 0 Å². The van der Waals surface area contributed by atoms with Crippen LogP contribution in [0.15, 0.2) is 48.8 Å². The summed E-state index contributed by atoms with van der Waals surface area (Å²) in [5, 5.41) is 14.5. The molecule has 144 valence electrons. The van der Waals surface area contributed by atoms with Crippen molar-refractivity contribution in [1.82, 2.24) is 9.97 Å². The molecular formula is C17H10ClF3N4O2S. The van der Waals surface area contributed by atoms with Crippen molar-refractivity contribution in [2.75, 3.05) is 5.32 Å². The molecule has 2 aromatic heterocycles. The summed E-state index contributed by atoms with van der Waals surface area (Å²) in [6, 6.07) is 9.22. The highest BCUT2D eigenvalue weighted by Crippen LogP contribution is 2.38. The summed E-state index contributed by atoms with van der Waals surface area (Å²) in [5.74, 6) is 0.336. The number of anilines is 2. The molecular weight excluding hydrogens is 417 g/mol. The van der Waals surface area contributed by atoms with Gasteiger partial charge in [-0.2, -0.15) is 13.2 Å². The van der Waals surface area contributed by atoms with Crippen LogP contribution in [-0.4, -0.2) is 14.9 Å². The van der Waals surface area contributed by atoms with Gasteiger partial charge in [-0.15, -0.1) is 23.7 Å². The highest BCUT2D eigenvalue weighted by molar-refractivity contribution is 7.26. The van der Waals surface area contributed by atoms with E-state index in [1.165, 1.54) is 41.9 Å². The second-order valence-electron chi connectivity index (χ2n) is 5.64. The van der Waals surface area contributed by atoms with Crippen LogP contribution in [0.5, 0.6) is 0 Å². The van der Waals surface area contributed by atoms with E-state index in [9.17, 15) is 23.3 Å². The maximum absolute atomic E-state index is 12.9. The van der Waals surface area contributed by atoms with Crippen LogP contribution in [0.1, 0.15) is 5.56 Å². The van der Waals surface area contributed by atoms with Crippen LogP contribution >= 0.6 is 23.7 Å². The molecule has 0 fully saturated rings. The molecule has 0 saturated heterocycles. The van der Waals surface area contributed by atoms with Crippen molar-refractivity contribution < 1.29 is 18.1 Å². The summed E-state index contributed by atoms with van der Waals surface area (Å²) in [6.07, 6.45) is -3.18. The number of halogens is 4. The number of hydrogen-bond donors (Lipinski definition) is 1. The van der Waals surface area contributed by atoms with E-state index in [0.717, 1.165) is 16.8 Å². The number of aromatic nitrogens is 2. The largest absolute Gasteiger partial charge is 0.416 e. The number of nitro groups is 1. The summed E-state index contributed by atoms with van der Waals surface area (Å²) in [7, 11) is 0. The molecule has 2 aromatic carbocycles. The van der Waals surface area contributed by atoms with Crippen LogP contribution < -0.4 is 5.32 Å². The van der Waals surface area contributed by atoms with Gasteiger partial charge in [0.05, 0.1) is 20.7 Å². The summed E-state index contributed by atoms with van der Waals surface area (Å²) in [5.41, 5.74) is -0.102. The van der Waals surface area contributed by atoms with Crippen LogP contribution in [0.2, 0.25) is 0 Å². The minimum atomic E-state index is -4.45. The minimum absolute atomic E-state index is 0. The standard InChI is InChI=1S/C17H9F3N4O2S.ClH/c18-17(19,20)9-2-1-3-10(6-9)23-16-15-14(21-8-22-16)12-7-11(24(25)26)4-5-13(12)27-15;/h1-8H,(H,21,22,23);1H. The number of non-ortho nitro benzene ring substituents is 1. The Morgan fingerprint density at radius 2 is 1.89 bits per heavy atom. The molecule has 1 N–H and O–H groups in total. The SMILES string of the molecule is Cl.O=[N+]([O-])c1ccc2sc3c(Nc4cccc(C(F)(F)F)c4)ncnc3c2c1. The molecule has 0 saturated carbocycles. The average molecular weight is 427 g/mol. The van der Waals surface area contributed by atoms with Gasteiger partial charge in [0, 0.05) is 27.9 Å². The Morgan fingerprint density at radius 1 is 1.11 bits per heavy atom. The number of rotatable bonds is 3. The van der Waals surface area contributed by atoms with Crippen molar-refractivity contribution in [3.8, 4) is 0 Å². The lowest BCUT2D eigenvalue weighted by Gasteiger charge is -2.10. The zero-order chi connectivity index (χ0) is 19.2. The molecule has 0 aliphatic rings. The van der Waals surface area contributed by atoms with Gasteiger partial charge in [0.2, 0.25) is 0 Å². The molecule has 0 unspecified atom stereocenters. The predicted molar refractivity (Wildman–Crippen MR) is 104 cm³/mol. The first-order valence-electron chi connectivity index (χ1n) is 7.59. The molecule has 28 heavy (non-hydrogen) atoms. The molecule has 0 bridgehead atoms. The predicted octanol–water partition coefficient (Wildman–Crippen LogP) is 5.94. The Kier molecular flexibility index (Phi) is 5.09. The fraction of sp³-hybridized carbons (Fsp3) is 0.0588. The van der Waals surface area contributed by atoms with Crippen molar-refractivity contribution >= 4 is 61.2 Å². The molecule has 0 spiro atoms. The zero-order valence-corrected chi connectivity index (χ0v) is 15.4. The van der Waals surface area contributed by atoms with Crippen LogP contribution in [0, 0.1) is 10.1 Å². The van der Waals surface area contributed by atoms with E-state index in [0.29, 0.717) is 21.4 Å². The number of nitrogens with zero attached hydrogens (tertiary/aromatic N) is 3. The number of hydrogen-bond acceptors (Lipinski definition) is 6. The Balaban J connectivity index is 0.00000225. The van der Waals surface area contributed by atoms with Gasteiger partial charge >= 0.3 is 6.18 Å². The summed E-state index contributed by atoms with van der Waals surface area (Å²) < 4.78 is 40.1. The van der Waals surface area contributed by atoms with E-state index in [2.05, 4.69) is 15.3 Å². The lowest BCUT2D eigenvalue weighted by Crippen LogP contribution is -2.05. The second-order valence-corrected chi connectivity index (χ2v) is 6.70. The molecule has 0 amide bonds. The van der Waals surface area contributed by atoms with Gasteiger partial charge in [-0.3, -0.25) is 10.1 Å². The number of fused-ring (bicyclic) bond motifs is 3. The third kappa shape index (κ3) is 3.56. The summed E-state index contributed by atoms with van der Waals surface area (Å²) in [4.78, 5) is 18.8. The summed E-state index contributed by atoms with van der Waals surface area (Å²) in [6.45, 7) is 0. The molecule has 0 radical (unpaired) electrons. The van der Waals surface area contributed by atoms with Gasteiger partial charge in [0.1, 0.15) is 6.33 Å². The fourth-order valence-electron chi connectivity index (χ4n) is 2.68. The fourth-order valence-corrected chi connectivity index (χ4v) is 3.76. The molecule has 11 heteroatoms. The van der Waals surface area contributed by atoms with E-state index >= 15 is 0 Å². The van der Waals surface area contributed by atoms with Crippen molar-refractivity contribution in [3.05, 3.63) is 64.5 Å². The second kappa shape index (κ2) is 7.21. The van der Waals surface area contributed by atoms with Gasteiger partial charge in [-0.1, -0.05) is 6.07 Å². The first kappa shape index (κ1) is 19.8. The van der Waals surface area contributed by atoms with E-state index in [4.69, 9.17) is 0 Å². The minimum Gasteiger partial charge on any atom is -0.339 e. The van der Waals surface area contributed by atoms with Crippen LogP contribution in [-0.2, 0) is 6.18 Å². The molecule has 4 aromatic rings. The van der Waals surface area contributed by atoms with Gasteiger partial charge in [0.25, 0.3) is 5.69 Å². The van der Waals surface area contributed by atoms with Crippen molar-refractivity contribution in [2.24, 2.45) is 0 Å². The third-order valence-electron chi connectivity index (χ3n) is 3.90. The molecule has 0 aliphatic carbocycles. The number of thiophene rings is 1.